The Kier molecular flexibility index (Phi) is 34.6. The molecule has 0 spiro atoms. The van der Waals surface area contributed by atoms with Crippen LogP contribution < -0.4 is 0 Å². The van der Waals surface area contributed by atoms with Crippen LogP contribution in [-0.4, -0.2) is 90.7 Å². The van der Waals surface area contributed by atoms with E-state index in [9.17, 15) is 24.0 Å². The molecule has 306 valence electrons. The molecule has 1 N–H and O–H groups in total. The Morgan fingerprint density at radius 1 is 0.528 bits per heavy atom. The van der Waals surface area contributed by atoms with Crippen LogP contribution in [0, 0.1) is 29.6 Å². The van der Waals surface area contributed by atoms with E-state index in [1.807, 2.05) is 102 Å². The second-order valence-corrected chi connectivity index (χ2v) is 15.4. The van der Waals surface area contributed by atoms with Crippen molar-refractivity contribution in [2.75, 3.05) is 46.9 Å². The lowest BCUT2D eigenvalue weighted by Crippen LogP contribution is -2.33. The Bertz CT molecular complexity index is 1150. The van der Waals surface area contributed by atoms with E-state index < -0.39 is 0 Å². The van der Waals surface area contributed by atoms with Crippen molar-refractivity contribution in [2.45, 2.75) is 122 Å². The lowest BCUT2D eigenvalue weighted by atomic mass is 10.0. The van der Waals surface area contributed by atoms with Gasteiger partial charge in [-0.3, -0.25) is 28.9 Å². The van der Waals surface area contributed by atoms with Crippen molar-refractivity contribution in [1.29, 1.82) is 0 Å². The monoisotopic (exact) mass is 745 g/mol. The third kappa shape index (κ3) is 30.0. The van der Waals surface area contributed by atoms with Crippen molar-refractivity contribution in [3.63, 3.8) is 0 Å². The van der Waals surface area contributed by atoms with E-state index in [2.05, 4.69) is 37.8 Å². The number of piperidine rings is 1. The molecule has 8 heteroatoms. The van der Waals surface area contributed by atoms with E-state index in [1.165, 1.54) is 19.3 Å². The Hall–Kier alpha value is -3.07. The molecule has 0 aromatic rings. The van der Waals surface area contributed by atoms with Gasteiger partial charge in [-0.1, -0.05) is 122 Å². The molecule has 1 saturated heterocycles. The fourth-order valence-electron chi connectivity index (χ4n) is 4.57. The maximum Gasteiger partial charge on any atom is 0.162 e. The van der Waals surface area contributed by atoms with Gasteiger partial charge in [0.05, 0.1) is 0 Å². The van der Waals surface area contributed by atoms with Gasteiger partial charge in [-0.2, -0.15) is 0 Å². The predicted octanol–water partition coefficient (Wildman–Crippen LogP) is 9.09. The maximum atomic E-state index is 11.6. The Labute approximate surface area is 325 Å². The summed E-state index contributed by atoms with van der Waals surface area (Å²) in [4.78, 5) is 60.1. The quantitative estimate of drug-likeness (QED) is 0.138. The van der Waals surface area contributed by atoms with Crippen LogP contribution in [0.3, 0.4) is 0 Å². The SMILES string of the molecule is C=C(CC)C(=O)C(C)C.C=C(CC)C(=O)C(C)C.C=C(CCO)C(=O)C(C)C.C=C(CN(C)C)C(=O)C(C)C.C=C(CN1CCCCC1)C(=O)C(C)C. The van der Waals surface area contributed by atoms with Gasteiger partial charge < -0.3 is 10.0 Å². The number of rotatable bonds is 18. The maximum absolute atomic E-state index is 11.6. The Morgan fingerprint density at radius 3 is 1.09 bits per heavy atom. The first-order chi connectivity index (χ1) is 24.3. The first-order valence-electron chi connectivity index (χ1n) is 19.4. The van der Waals surface area contributed by atoms with Crippen molar-refractivity contribution < 1.29 is 29.1 Å². The van der Waals surface area contributed by atoms with Crippen LogP contribution in [0.4, 0.5) is 0 Å². The summed E-state index contributed by atoms with van der Waals surface area (Å²) in [7, 11) is 3.86. The highest BCUT2D eigenvalue weighted by Crippen LogP contribution is 2.13. The van der Waals surface area contributed by atoms with E-state index in [4.69, 9.17) is 5.11 Å². The van der Waals surface area contributed by atoms with Crippen molar-refractivity contribution in [3.8, 4) is 0 Å². The molecule has 53 heavy (non-hydrogen) atoms. The van der Waals surface area contributed by atoms with Crippen LogP contribution >= 0.6 is 0 Å². The van der Waals surface area contributed by atoms with E-state index in [0.29, 0.717) is 24.1 Å². The molecule has 0 radical (unpaired) electrons. The fourth-order valence-corrected chi connectivity index (χ4v) is 4.57. The molecule has 0 aliphatic carbocycles. The van der Waals surface area contributed by atoms with Gasteiger partial charge in [0.15, 0.2) is 28.9 Å². The third-order valence-electron chi connectivity index (χ3n) is 8.00. The summed E-state index contributed by atoms with van der Waals surface area (Å²) in [6.07, 6.45) is 5.82. The van der Waals surface area contributed by atoms with Crippen molar-refractivity contribution in [3.05, 3.63) is 60.8 Å². The summed E-state index contributed by atoms with van der Waals surface area (Å²) in [5.41, 5.74) is 3.49. The van der Waals surface area contributed by atoms with Gasteiger partial charge in [-0.15, -0.1) is 0 Å². The highest BCUT2D eigenvalue weighted by Gasteiger charge is 2.17. The zero-order valence-electron chi connectivity index (χ0n) is 36.6. The van der Waals surface area contributed by atoms with Crippen LogP contribution in [0.5, 0.6) is 0 Å². The molecular formula is C45H80N2O6. The molecular weight excluding hydrogens is 665 g/mol. The molecule has 0 aromatic carbocycles. The summed E-state index contributed by atoms with van der Waals surface area (Å²) >= 11 is 0. The average molecular weight is 745 g/mol. The molecule has 1 fully saturated rings. The zero-order chi connectivity index (χ0) is 42.6. The highest BCUT2D eigenvalue weighted by atomic mass is 16.3. The number of likely N-dealkylation sites (tertiary alicyclic amines) is 1. The number of aliphatic hydroxyl groups excluding tert-OH is 1. The van der Waals surface area contributed by atoms with Crippen LogP contribution in [0.1, 0.15) is 122 Å². The summed E-state index contributed by atoms with van der Waals surface area (Å²) in [5.74, 6) is 1.20. The zero-order valence-corrected chi connectivity index (χ0v) is 36.6. The summed E-state index contributed by atoms with van der Waals surface area (Å²) in [6, 6.07) is 0. The average Bonchev–Trinajstić information content (AvgIpc) is 3.10. The van der Waals surface area contributed by atoms with Gasteiger partial charge in [0, 0.05) is 60.4 Å². The van der Waals surface area contributed by atoms with Gasteiger partial charge in [0.2, 0.25) is 0 Å². The van der Waals surface area contributed by atoms with E-state index in [0.717, 1.165) is 49.2 Å². The van der Waals surface area contributed by atoms with Gasteiger partial charge in [-0.05, 0) is 76.0 Å². The number of aliphatic hydroxyl groups is 1. The standard InChI is InChI=1S/C12H21NO.C9H17NO.C8H14O2.2C8H14O/c1-10(2)12(14)11(3)9-13-7-5-4-6-8-13;1-7(2)9(11)8(3)6-10(4)5;1-6(2)8(10)7(3)4-5-9;2*1-5-7(4)8(9)6(2)3/h10H,3-9H2,1-2H3;7H,3,6H2,1-2,4-5H3;6,9H,3-5H2,1-2H3;2*6H,4-5H2,1-3H3. The van der Waals surface area contributed by atoms with Crippen molar-refractivity contribution in [1.82, 2.24) is 9.80 Å². The number of ketones is 5. The minimum Gasteiger partial charge on any atom is -0.396 e. The van der Waals surface area contributed by atoms with E-state index in [-0.39, 0.29) is 65.1 Å². The van der Waals surface area contributed by atoms with E-state index in [1.54, 1.807) is 0 Å². The molecule has 0 aromatic heterocycles. The van der Waals surface area contributed by atoms with Gasteiger partial charge in [0.25, 0.3) is 0 Å². The molecule has 0 unspecified atom stereocenters. The summed E-state index contributed by atoms with van der Waals surface area (Å²) in [6.45, 7) is 44.9. The minimum absolute atomic E-state index is 0.000880. The molecule has 1 aliphatic heterocycles. The van der Waals surface area contributed by atoms with Crippen LogP contribution in [0.25, 0.3) is 0 Å². The number of hydrogen-bond donors (Lipinski definition) is 1. The number of nitrogens with zero attached hydrogens (tertiary/aromatic N) is 2. The summed E-state index contributed by atoms with van der Waals surface area (Å²) < 4.78 is 0. The second-order valence-electron chi connectivity index (χ2n) is 15.4. The molecule has 1 rings (SSSR count). The lowest BCUT2D eigenvalue weighted by molar-refractivity contribution is -0.119. The largest absolute Gasteiger partial charge is 0.396 e. The minimum atomic E-state index is -0.000880. The van der Waals surface area contributed by atoms with Gasteiger partial charge in [-0.25, -0.2) is 0 Å². The predicted molar refractivity (Wildman–Crippen MR) is 226 cm³/mol. The lowest BCUT2D eigenvalue weighted by Gasteiger charge is -2.27. The van der Waals surface area contributed by atoms with E-state index >= 15 is 0 Å². The number of likely N-dealkylation sites (N-methyl/N-ethyl adjacent to an activating group) is 1. The Balaban J connectivity index is -0.000000287. The number of carbonyl (C=O) groups is 5. The smallest absolute Gasteiger partial charge is 0.162 e. The number of carbonyl (C=O) groups excluding carboxylic acids is 5. The first-order valence-corrected chi connectivity index (χ1v) is 19.4. The van der Waals surface area contributed by atoms with Gasteiger partial charge in [0.1, 0.15) is 0 Å². The number of Topliss-reactive ketones (excluding diaryl/α,β-unsaturated/α-hetero) is 5. The molecule has 1 aliphatic rings. The number of hydrogen-bond acceptors (Lipinski definition) is 8. The van der Waals surface area contributed by atoms with Crippen LogP contribution in [0.2, 0.25) is 0 Å². The topological polar surface area (TPSA) is 112 Å². The van der Waals surface area contributed by atoms with Crippen LogP contribution in [0.15, 0.2) is 60.8 Å². The van der Waals surface area contributed by atoms with Gasteiger partial charge >= 0.3 is 0 Å². The summed E-state index contributed by atoms with van der Waals surface area (Å²) in [5, 5.41) is 8.45. The van der Waals surface area contributed by atoms with Crippen LogP contribution in [-0.2, 0) is 24.0 Å². The number of allylic oxidation sites excluding steroid dienone is 2. The molecule has 8 nitrogen and oxygen atoms in total. The fraction of sp³-hybridized carbons (Fsp3) is 0.667. The third-order valence-corrected chi connectivity index (χ3v) is 8.00. The molecule has 0 amide bonds. The highest BCUT2D eigenvalue weighted by molar-refractivity contribution is 5.98. The Morgan fingerprint density at radius 2 is 0.830 bits per heavy atom. The van der Waals surface area contributed by atoms with Crippen molar-refractivity contribution >= 4 is 28.9 Å². The molecule has 0 bridgehead atoms. The molecule has 0 atom stereocenters. The molecule has 0 saturated carbocycles. The van der Waals surface area contributed by atoms with Crippen molar-refractivity contribution in [2.24, 2.45) is 29.6 Å². The normalized spacial score (nSPS) is 12.3. The second kappa shape index (κ2) is 32.4. The first kappa shape index (κ1) is 56.7. The molecule has 1 heterocycles.